The van der Waals surface area contributed by atoms with Gasteiger partial charge >= 0.3 is 30.2 Å². The molecule has 0 saturated heterocycles. The van der Waals surface area contributed by atoms with Gasteiger partial charge in [-0.1, -0.05) is 0 Å². The van der Waals surface area contributed by atoms with Crippen molar-refractivity contribution in [3.63, 3.8) is 0 Å². The van der Waals surface area contributed by atoms with Crippen LogP contribution in [0.15, 0.2) is 36.5 Å². The molecule has 0 nitrogen and oxygen atoms in total. The number of allylic oxidation sites excluding steroid dienone is 8. The van der Waals surface area contributed by atoms with Crippen molar-refractivity contribution in [2.45, 2.75) is 12.8 Å². The first-order valence-electron chi connectivity index (χ1n) is 3.79. The van der Waals surface area contributed by atoms with Crippen LogP contribution in [0.25, 0.3) is 0 Å². The van der Waals surface area contributed by atoms with Gasteiger partial charge < -0.3 is 0 Å². The van der Waals surface area contributed by atoms with Crippen LogP contribution in [0.4, 0.5) is 0 Å². The minimum atomic E-state index is 0. The van der Waals surface area contributed by atoms with Gasteiger partial charge in [-0.05, 0) is 0 Å². The average molecular weight is 413 g/mol. The van der Waals surface area contributed by atoms with E-state index in [1.165, 1.54) is 0 Å². The Morgan fingerprint density at radius 3 is 1.29 bits per heavy atom. The van der Waals surface area contributed by atoms with Gasteiger partial charge in [-0.25, -0.2) is 24.3 Å². The fourth-order valence-electron chi connectivity index (χ4n) is 0.680. The van der Waals surface area contributed by atoms with E-state index in [-0.39, 0.29) is 34.0 Å². The predicted molar refractivity (Wildman–Crippen MR) is 72.3 cm³/mol. The molecule has 0 fully saturated rings. The van der Waals surface area contributed by atoms with Crippen LogP contribution in [0.5, 0.6) is 0 Å². The minimum absolute atomic E-state index is 0. The molecule has 4 heteroatoms. The Hall–Kier alpha value is 1.02. The Morgan fingerprint density at radius 2 is 1.21 bits per heavy atom. The van der Waals surface area contributed by atoms with Crippen LogP contribution in [-0.4, -0.2) is 6.88 Å². The first kappa shape index (κ1) is 20.4. The number of halogens is 2. The first-order valence-corrected chi connectivity index (χ1v) is 9.71. The van der Waals surface area contributed by atoms with E-state index in [9.17, 15) is 0 Å². The average Bonchev–Trinajstić information content (AvgIpc) is 2.87. The molecule has 0 saturated carbocycles. The Labute approximate surface area is 124 Å². The van der Waals surface area contributed by atoms with Crippen LogP contribution in [-0.2, 0) is 23.3 Å². The van der Waals surface area contributed by atoms with Gasteiger partial charge in [0.15, 0.2) is 0 Å². The maximum absolute atomic E-state index is 2.99. The Balaban J connectivity index is -0.000000131. The van der Waals surface area contributed by atoms with E-state index in [0.29, 0.717) is 0 Å². The molecule has 0 spiro atoms. The summed E-state index contributed by atoms with van der Waals surface area (Å²) in [4.78, 5) is 0. The molecular formula is C10H14Br2SiZr. The number of rotatable bonds is 0. The van der Waals surface area contributed by atoms with Gasteiger partial charge in [0.05, 0.1) is 0 Å². The third kappa shape index (κ3) is 15.5. The molecule has 0 aromatic heterocycles. The summed E-state index contributed by atoms with van der Waals surface area (Å²) in [6, 6.07) is 0. The van der Waals surface area contributed by atoms with Crippen LogP contribution < -0.4 is 0 Å². The molecule has 0 bridgehead atoms. The van der Waals surface area contributed by atoms with Crippen molar-refractivity contribution in [1.29, 1.82) is 0 Å². The standard InChI is InChI=1S/2C5H5.2BrH.H2Si.Zr/c2*1-2-4-5-3-1;;;;/h2*1-3H,4H2;2*1H;1H2;/q2*-1;;;;+2. The summed E-state index contributed by atoms with van der Waals surface area (Å²) in [6.07, 6.45) is 20.0. The Morgan fingerprint density at radius 1 is 0.857 bits per heavy atom. The zero-order valence-electron chi connectivity index (χ0n) is 7.90. The predicted octanol–water partition coefficient (Wildman–Crippen LogP) is 2.85. The number of hydrogen-bond donors (Lipinski definition) is 0. The van der Waals surface area contributed by atoms with Crippen molar-refractivity contribution in [3.8, 4) is 0 Å². The van der Waals surface area contributed by atoms with Crippen molar-refractivity contribution in [1.82, 2.24) is 0 Å². The van der Waals surface area contributed by atoms with Crippen molar-refractivity contribution in [2.24, 2.45) is 0 Å². The zero-order chi connectivity index (χ0) is 9.07. The summed E-state index contributed by atoms with van der Waals surface area (Å²) >= 11 is 1.58. The summed E-state index contributed by atoms with van der Waals surface area (Å²) in [6.45, 7) is 1.95. The molecule has 2 rings (SSSR count). The van der Waals surface area contributed by atoms with Gasteiger partial charge in [-0.2, -0.15) is 12.2 Å². The fraction of sp³-hybridized carbons (Fsp3) is 0.200. The normalized spacial score (nSPS) is 13.0. The molecule has 76 valence electrons. The third-order valence-corrected chi connectivity index (χ3v) is 1.17. The van der Waals surface area contributed by atoms with Gasteiger partial charge in [0.1, 0.15) is 0 Å². The molecule has 0 aromatic carbocycles. The van der Waals surface area contributed by atoms with Crippen LogP contribution >= 0.6 is 34.0 Å². The third-order valence-electron chi connectivity index (χ3n) is 1.17. The molecule has 0 aromatic rings. The first-order chi connectivity index (χ1) is 6.00. The molecule has 0 aliphatic heterocycles. The fourth-order valence-corrected chi connectivity index (χ4v) is 0.680. The summed E-state index contributed by atoms with van der Waals surface area (Å²) in [5.74, 6) is 0. The molecule has 0 atom stereocenters. The van der Waals surface area contributed by atoms with Gasteiger partial charge in [-0.15, -0.1) is 46.8 Å². The van der Waals surface area contributed by atoms with E-state index >= 15 is 0 Å². The maximum atomic E-state index is 2.99. The molecule has 0 radical (unpaired) electrons. The zero-order valence-corrected chi connectivity index (χ0v) is 15.2. The van der Waals surface area contributed by atoms with E-state index in [0.717, 1.165) is 12.8 Å². The second-order valence-corrected chi connectivity index (χ2v) is 2.01. The van der Waals surface area contributed by atoms with Gasteiger partial charge in [-0.3, -0.25) is 12.2 Å². The summed E-state index contributed by atoms with van der Waals surface area (Å²) in [5.41, 5.74) is 0. The molecule has 0 N–H and O–H groups in total. The molecule has 2 aliphatic rings. The van der Waals surface area contributed by atoms with Crippen LogP contribution in [0, 0.1) is 12.2 Å². The monoisotopic (exact) mass is 410 g/mol. The van der Waals surface area contributed by atoms with Crippen LogP contribution in [0.2, 0.25) is 0 Å². The summed E-state index contributed by atoms with van der Waals surface area (Å²) in [5, 5.41) is 0. The van der Waals surface area contributed by atoms with Gasteiger partial charge in [0.25, 0.3) is 0 Å². The quantitative estimate of drug-likeness (QED) is 0.423. The van der Waals surface area contributed by atoms with Crippen LogP contribution in [0.1, 0.15) is 12.8 Å². The van der Waals surface area contributed by atoms with Crippen molar-refractivity contribution < 1.29 is 23.3 Å². The van der Waals surface area contributed by atoms with Crippen LogP contribution in [0.3, 0.4) is 0 Å². The van der Waals surface area contributed by atoms with Gasteiger partial charge in [0, 0.05) is 0 Å². The van der Waals surface area contributed by atoms with E-state index in [1.807, 2.05) is 31.2 Å². The van der Waals surface area contributed by atoms with E-state index in [1.54, 1.807) is 23.3 Å². The molecular weight excluding hydrogens is 399 g/mol. The SMILES string of the molecule is Br.Br.[C-]1=CC=CC1.[C-]1=CC=CC1.[SiH2]=[Zr+2]. The van der Waals surface area contributed by atoms with Crippen molar-refractivity contribution in [3.05, 3.63) is 48.6 Å². The Bertz CT molecular complexity index is 168. The molecule has 14 heavy (non-hydrogen) atoms. The van der Waals surface area contributed by atoms with E-state index < -0.39 is 0 Å². The molecule has 0 unspecified atom stereocenters. The van der Waals surface area contributed by atoms with E-state index in [2.05, 4.69) is 24.3 Å². The number of hydrogen-bond acceptors (Lipinski definition) is 0. The molecule has 2 aliphatic carbocycles. The van der Waals surface area contributed by atoms with E-state index in [4.69, 9.17) is 0 Å². The summed E-state index contributed by atoms with van der Waals surface area (Å²) < 4.78 is 0. The van der Waals surface area contributed by atoms with Crippen molar-refractivity contribution in [2.75, 3.05) is 0 Å². The summed E-state index contributed by atoms with van der Waals surface area (Å²) in [7, 11) is 0. The Kier molecular flexibility index (Phi) is 28.6. The molecule has 0 amide bonds. The topological polar surface area (TPSA) is 0 Å². The molecule has 0 heterocycles. The van der Waals surface area contributed by atoms with Crippen molar-refractivity contribution >= 4 is 40.8 Å². The second kappa shape index (κ2) is 19.6. The second-order valence-electron chi connectivity index (χ2n) is 2.01. The van der Waals surface area contributed by atoms with Gasteiger partial charge in [0.2, 0.25) is 0 Å².